The molecule has 18 heavy (non-hydrogen) atoms. The van der Waals surface area contributed by atoms with Crippen LogP contribution in [0.3, 0.4) is 0 Å². The fourth-order valence-electron chi connectivity index (χ4n) is 1.35. The largest absolute Gasteiger partial charge is 0.494 e. The molecule has 1 aromatic carbocycles. The number of hydrogen-bond donors (Lipinski definition) is 1. The second kappa shape index (κ2) is 5.09. The SMILES string of the molecule is CCOc1cccc([C@@H](N)C(F)(F)C(F)(F)F)c1. The van der Waals surface area contributed by atoms with Gasteiger partial charge in [-0.3, -0.25) is 0 Å². The molecule has 7 heteroatoms. The molecule has 2 nitrogen and oxygen atoms in total. The van der Waals surface area contributed by atoms with E-state index in [1.165, 1.54) is 12.1 Å². The first kappa shape index (κ1) is 14.7. The molecule has 0 unspecified atom stereocenters. The highest BCUT2D eigenvalue weighted by Crippen LogP contribution is 2.43. The quantitative estimate of drug-likeness (QED) is 0.851. The number of ether oxygens (including phenoxy) is 1. The minimum Gasteiger partial charge on any atom is -0.494 e. The predicted octanol–water partition coefficient (Wildman–Crippen LogP) is 3.28. The molecule has 0 radical (unpaired) electrons. The molecule has 0 saturated heterocycles. The van der Waals surface area contributed by atoms with Crippen LogP contribution in [-0.4, -0.2) is 18.7 Å². The van der Waals surface area contributed by atoms with Gasteiger partial charge in [-0.25, -0.2) is 0 Å². The summed E-state index contributed by atoms with van der Waals surface area (Å²) < 4.78 is 67.6. The van der Waals surface area contributed by atoms with Crippen molar-refractivity contribution in [3.8, 4) is 5.75 Å². The third-order valence-electron chi connectivity index (χ3n) is 2.30. The topological polar surface area (TPSA) is 35.2 Å². The van der Waals surface area contributed by atoms with Crippen molar-refractivity contribution in [1.29, 1.82) is 0 Å². The zero-order chi connectivity index (χ0) is 14.0. The summed E-state index contributed by atoms with van der Waals surface area (Å²) in [6.07, 6.45) is -5.69. The summed E-state index contributed by atoms with van der Waals surface area (Å²) in [5, 5.41) is 0. The number of hydrogen-bond acceptors (Lipinski definition) is 2. The molecule has 1 atom stereocenters. The van der Waals surface area contributed by atoms with Crippen molar-refractivity contribution in [2.45, 2.75) is 25.1 Å². The van der Waals surface area contributed by atoms with Crippen LogP contribution in [0.2, 0.25) is 0 Å². The molecule has 2 N–H and O–H groups in total. The lowest BCUT2D eigenvalue weighted by Gasteiger charge is -2.26. The molecule has 0 aliphatic rings. The lowest BCUT2D eigenvalue weighted by Crippen LogP contribution is -2.45. The summed E-state index contributed by atoms with van der Waals surface area (Å²) in [7, 11) is 0. The Bertz CT molecular complexity index is 405. The summed E-state index contributed by atoms with van der Waals surface area (Å²) >= 11 is 0. The Labute approximate surface area is 101 Å². The summed E-state index contributed by atoms with van der Waals surface area (Å²) in [4.78, 5) is 0. The Morgan fingerprint density at radius 3 is 2.33 bits per heavy atom. The van der Waals surface area contributed by atoms with Crippen LogP contribution in [0.5, 0.6) is 5.75 Å². The number of benzene rings is 1. The van der Waals surface area contributed by atoms with Gasteiger partial charge in [-0.2, -0.15) is 22.0 Å². The van der Waals surface area contributed by atoms with Gasteiger partial charge in [0.15, 0.2) is 0 Å². The van der Waals surface area contributed by atoms with Crippen LogP contribution < -0.4 is 10.5 Å². The van der Waals surface area contributed by atoms with Gasteiger partial charge in [0.05, 0.1) is 6.61 Å². The summed E-state index contributed by atoms with van der Waals surface area (Å²) in [5.74, 6) is -4.79. The van der Waals surface area contributed by atoms with E-state index in [0.717, 1.165) is 12.1 Å². The number of rotatable bonds is 4. The third kappa shape index (κ3) is 2.90. The molecule has 0 bridgehead atoms. The molecule has 0 aliphatic heterocycles. The van der Waals surface area contributed by atoms with Gasteiger partial charge in [0.1, 0.15) is 11.8 Å². The van der Waals surface area contributed by atoms with Crippen LogP contribution in [-0.2, 0) is 0 Å². The first-order chi connectivity index (χ1) is 8.20. The first-order valence-corrected chi connectivity index (χ1v) is 5.13. The highest BCUT2D eigenvalue weighted by atomic mass is 19.4. The number of halogens is 5. The van der Waals surface area contributed by atoms with Crippen LogP contribution in [0.1, 0.15) is 18.5 Å². The summed E-state index contributed by atoms with van der Waals surface area (Å²) in [6, 6.07) is 2.48. The molecular weight excluding hydrogens is 257 g/mol. The van der Waals surface area contributed by atoms with Crippen molar-refractivity contribution in [2.24, 2.45) is 5.73 Å². The van der Waals surface area contributed by atoms with Crippen LogP contribution in [0.4, 0.5) is 22.0 Å². The van der Waals surface area contributed by atoms with E-state index in [1.807, 2.05) is 0 Å². The lowest BCUT2D eigenvalue weighted by atomic mass is 10.0. The highest BCUT2D eigenvalue weighted by Gasteiger charge is 2.61. The summed E-state index contributed by atoms with van der Waals surface area (Å²) in [6.45, 7) is 1.94. The molecule has 0 aromatic heterocycles. The molecule has 0 aliphatic carbocycles. The predicted molar refractivity (Wildman–Crippen MR) is 55.5 cm³/mol. The zero-order valence-corrected chi connectivity index (χ0v) is 9.47. The van der Waals surface area contributed by atoms with E-state index in [-0.39, 0.29) is 17.9 Å². The highest BCUT2D eigenvalue weighted by molar-refractivity contribution is 5.31. The van der Waals surface area contributed by atoms with Crippen molar-refractivity contribution in [1.82, 2.24) is 0 Å². The van der Waals surface area contributed by atoms with E-state index in [0.29, 0.717) is 0 Å². The maximum absolute atomic E-state index is 13.0. The van der Waals surface area contributed by atoms with Gasteiger partial charge in [-0.05, 0) is 24.6 Å². The molecular formula is C11H12F5NO. The Balaban J connectivity index is 3.03. The third-order valence-corrected chi connectivity index (χ3v) is 2.30. The molecule has 102 valence electrons. The van der Waals surface area contributed by atoms with Gasteiger partial charge in [0.25, 0.3) is 0 Å². The summed E-state index contributed by atoms with van der Waals surface area (Å²) in [5.41, 5.74) is 4.67. The average Bonchev–Trinajstić information content (AvgIpc) is 2.27. The van der Waals surface area contributed by atoms with Crippen LogP contribution in [0.25, 0.3) is 0 Å². The second-order valence-corrected chi connectivity index (χ2v) is 3.60. The van der Waals surface area contributed by atoms with Gasteiger partial charge < -0.3 is 10.5 Å². The molecule has 0 spiro atoms. The van der Waals surface area contributed by atoms with E-state index in [2.05, 4.69) is 0 Å². The van der Waals surface area contributed by atoms with Crippen LogP contribution >= 0.6 is 0 Å². The molecule has 0 fully saturated rings. The van der Waals surface area contributed by atoms with Gasteiger partial charge in [-0.15, -0.1) is 0 Å². The van der Waals surface area contributed by atoms with Crippen molar-refractivity contribution in [3.63, 3.8) is 0 Å². The number of alkyl halides is 5. The standard InChI is InChI=1S/C11H12F5NO/c1-2-18-8-5-3-4-7(6-8)9(17)10(12,13)11(14,15)16/h3-6,9H,2,17H2,1H3/t9-/m1/s1. The van der Waals surface area contributed by atoms with Gasteiger partial charge in [-0.1, -0.05) is 12.1 Å². The van der Waals surface area contributed by atoms with E-state index in [9.17, 15) is 22.0 Å². The van der Waals surface area contributed by atoms with E-state index in [1.54, 1.807) is 6.92 Å². The Morgan fingerprint density at radius 1 is 1.22 bits per heavy atom. The minimum atomic E-state index is -5.69. The fraction of sp³-hybridized carbons (Fsp3) is 0.455. The molecule has 1 rings (SSSR count). The van der Waals surface area contributed by atoms with Crippen molar-refractivity contribution in [2.75, 3.05) is 6.61 Å². The maximum Gasteiger partial charge on any atom is 0.455 e. The minimum absolute atomic E-state index is 0.198. The smallest absolute Gasteiger partial charge is 0.455 e. The number of nitrogens with two attached hydrogens (primary N) is 1. The van der Waals surface area contributed by atoms with Gasteiger partial charge >= 0.3 is 12.1 Å². The van der Waals surface area contributed by atoms with E-state index in [4.69, 9.17) is 10.5 Å². The van der Waals surface area contributed by atoms with Crippen molar-refractivity contribution in [3.05, 3.63) is 29.8 Å². The second-order valence-electron chi connectivity index (χ2n) is 3.60. The van der Waals surface area contributed by atoms with Crippen LogP contribution in [0, 0.1) is 0 Å². The fourth-order valence-corrected chi connectivity index (χ4v) is 1.35. The van der Waals surface area contributed by atoms with E-state index < -0.39 is 18.1 Å². The van der Waals surface area contributed by atoms with Crippen molar-refractivity contribution < 1.29 is 26.7 Å². The Morgan fingerprint density at radius 2 is 1.83 bits per heavy atom. The van der Waals surface area contributed by atoms with Crippen molar-refractivity contribution >= 4 is 0 Å². The Hall–Kier alpha value is -1.37. The molecule has 0 amide bonds. The van der Waals surface area contributed by atoms with Gasteiger partial charge in [0.2, 0.25) is 0 Å². The van der Waals surface area contributed by atoms with E-state index >= 15 is 0 Å². The lowest BCUT2D eigenvalue weighted by molar-refractivity contribution is -0.291. The normalized spacial score (nSPS) is 14.4. The molecule has 0 saturated carbocycles. The van der Waals surface area contributed by atoms with Gasteiger partial charge in [0, 0.05) is 0 Å². The molecule has 0 heterocycles. The Kier molecular flexibility index (Phi) is 4.16. The maximum atomic E-state index is 13.0. The monoisotopic (exact) mass is 269 g/mol. The zero-order valence-electron chi connectivity index (χ0n) is 9.47. The molecule has 1 aromatic rings. The first-order valence-electron chi connectivity index (χ1n) is 5.13. The van der Waals surface area contributed by atoms with Crippen LogP contribution in [0.15, 0.2) is 24.3 Å². The average molecular weight is 269 g/mol.